The minimum Gasteiger partial charge on any atom is -1.00 e. The fourth-order valence-corrected chi connectivity index (χ4v) is 10.2. The molecule has 9 aromatic carbocycles. The van der Waals surface area contributed by atoms with Crippen LogP contribution in [0.5, 0.6) is 17.2 Å². The van der Waals surface area contributed by atoms with Crippen LogP contribution >= 0.6 is 34.8 Å². The van der Waals surface area contributed by atoms with Gasteiger partial charge in [0.05, 0.1) is 8.52 Å². The van der Waals surface area contributed by atoms with Crippen molar-refractivity contribution in [1.82, 2.24) is 10.2 Å². The van der Waals surface area contributed by atoms with Crippen molar-refractivity contribution in [1.29, 1.82) is 0 Å². The van der Waals surface area contributed by atoms with Gasteiger partial charge in [-0.3, -0.25) is 14.1 Å². The average molecular weight is 1550 g/mol. The fraction of sp³-hybridized carbons (Fsp3) is 0.159. The number of benzene rings is 9. The van der Waals surface area contributed by atoms with E-state index in [0.717, 1.165) is 112 Å². The van der Waals surface area contributed by atoms with E-state index in [-0.39, 0.29) is 164 Å². The summed E-state index contributed by atoms with van der Waals surface area (Å²) in [5.41, 5.74) is 29.9. The van der Waals surface area contributed by atoms with Crippen molar-refractivity contribution in [2.75, 3.05) is 56.3 Å². The number of hydrogen-bond acceptors (Lipinski definition) is 11. The Balaban J connectivity index is 0.000000282. The zero-order chi connectivity index (χ0) is 65.2. The summed E-state index contributed by atoms with van der Waals surface area (Å²) in [6.45, 7) is 3.41. The number of amides is 6. The quantitative estimate of drug-likeness (QED) is 0.0258. The van der Waals surface area contributed by atoms with E-state index >= 15 is 0 Å². The molecule has 0 saturated carbocycles. The molecule has 11 N–H and O–H groups in total. The summed E-state index contributed by atoms with van der Waals surface area (Å²) in [6, 6.07) is 62.2. The number of carbonyl (C=O) groups is 4. The Kier molecular flexibility index (Phi) is 32.8. The van der Waals surface area contributed by atoms with E-state index < -0.39 is 25.2 Å². The summed E-state index contributed by atoms with van der Waals surface area (Å²) in [4.78, 5) is 46.3. The molecule has 23 heteroatoms. The van der Waals surface area contributed by atoms with Crippen LogP contribution in [0, 0.1) is 0 Å². The van der Waals surface area contributed by atoms with Crippen LogP contribution in [0.1, 0.15) is 36.2 Å². The number of carbonyl (C=O) groups excluding carboxylic acids is 4. The first-order chi connectivity index (χ1) is 43.9. The predicted octanol–water partition coefficient (Wildman–Crippen LogP) is 7.16. The van der Waals surface area contributed by atoms with Gasteiger partial charge in [-0.2, -0.15) is 0 Å². The number of likely N-dealkylation sites (tertiary alicyclic amines) is 1. The number of phenols is 1. The molecule has 0 aromatic heterocycles. The molecule has 0 aliphatic carbocycles. The third-order valence-corrected chi connectivity index (χ3v) is 14.6. The molecule has 11 rings (SSSR count). The maximum Gasteiger partial charge on any atom is 1.00 e. The number of aromatic hydroxyl groups is 1. The summed E-state index contributed by atoms with van der Waals surface area (Å²) >= 11 is 18.5. The van der Waals surface area contributed by atoms with Crippen molar-refractivity contribution in [2.45, 2.75) is 31.5 Å². The first kappa shape index (κ1) is 75.5. The second-order valence-corrected chi connectivity index (χ2v) is 22.0. The Labute approximate surface area is 669 Å². The Bertz CT molecular complexity index is 3890. The van der Waals surface area contributed by atoms with Gasteiger partial charge in [-0.15, -0.1) is 0 Å². The number of phenolic OH excluding ortho intramolecular Hbond substituents is 1. The first-order valence-electron chi connectivity index (χ1n) is 28.7. The van der Waals surface area contributed by atoms with Gasteiger partial charge in [-0.25, -0.2) is 14.4 Å². The first-order valence-corrected chi connectivity index (χ1v) is 29.1. The van der Waals surface area contributed by atoms with Gasteiger partial charge in [0.1, 0.15) is 29.5 Å². The molecule has 17 nitrogen and oxygen atoms in total. The Morgan fingerprint density at radius 1 is 0.565 bits per heavy atom. The summed E-state index contributed by atoms with van der Waals surface area (Å²) in [5, 5.41) is 31.5. The molecule has 0 unspecified atom stereocenters. The van der Waals surface area contributed by atoms with Crippen molar-refractivity contribution in [3.63, 3.8) is 0 Å². The number of urea groups is 3. The van der Waals surface area contributed by atoms with E-state index in [0.29, 0.717) is 38.6 Å². The van der Waals surface area contributed by atoms with E-state index in [4.69, 9.17) is 72.9 Å². The van der Waals surface area contributed by atoms with Crippen LogP contribution in [0.2, 0.25) is 15.1 Å². The normalized spacial score (nSPS) is 12.2. The fourth-order valence-electron chi connectivity index (χ4n) is 9.60. The monoisotopic (exact) mass is 1540 g/mol. The molecule has 0 atom stereocenters. The summed E-state index contributed by atoms with van der Waals surface area (Å²) in [7, 11) is 1.09. The number of primary amides is 3. The molecule has 92 heavy (non-hydrogen) atoms. The van der Waals surface area contributed by atoms with Crippen LogP contribution in [0.25, 0.3) is 33.4 Å². The number of halogens is 4. The number of anilines is 3. The molecule has 6 amide bonds. The number of nitrogens with one attached hydrogen (secondary N) is 4. The second-order valence-electron chi connectivity index (χ2n) is 20.7. The molecule has 9 aromatic rings. The minimum atomic E-state index is -1.00. The summed E-state index contributed by atoms with van der Waals surface area (Å²) in [5.74, 6) is 1.95. The smallest absolute Gasteiger partial charge is 1.00 e. The van der Waals surface area contributed by atoms with Gasteiger partial charge < -0.3 is 64.6 Å². The topological polar surface area (TPSA) is 269 Å². The van der Waals surface area contributed by atoms with Crippen LogP contribution in [0.4, 0.5) is 35.8 Å². The molecule has 2 aliphatic heterocycles. The number of nitrogens with zero attached hydrogens (tertiary/aromatic N) is 1. The largest absolute Gasteiger partial charge is 1.00 e. The van der Waals surface area contributed by atoms with Crippen molar-refractivity contribution in [2.24, 2.45) is 17.2 Å². The number of ether oxygens (including phenoxy) is 2. The van der Waals surface area contributed by atoms with Gasteiger partial charge in [-0.1, -0.05) is 126 Å². The van der Waals surface area contributed by atoms with Gasteiger partial charge in [0.25, 0.3) is 6.47 Å². The molecular formula is C69H68Cl3Cs2FN8O9. The standard InChI is InChI=1S/C24H24ClN3O2.C23H22ClN3O2.C20H17ClN2O2.CH3F.CH2O3.2Cs.H/c1-28-14-21(15-28)30-23-10-7-17(12-22(23)18-3-2-4-19(25)13-18)11-16-5-8-20(9-6-16)27-24(26)29;24-18-3-1-2-17(12-18)21-11-16(6-9-22(21)29-20-13-26-14-20)10-15-4-7-19(8-5-15)27-23(25)28;21-16-3-1-2-15(12-16)18-11-14(6-9-19(18)24)10-13-4-7-17(8-5-13)23-20(22)25;1-2;2-1-4-3;;;/h2-10,12-13,21H,11,14-15H2,1H3,(H3,26,27,29);1-9,11-12,20,26H,10,13-14H2,(H3,25,27,28);1-9,11-12,24H,10H2,(H3,22,23,25);1H3;1,3H;;;/q;;;;;2*+1;-1/p-1/i;;;1D;;;;. The SMILES string of the molecule is CN1CC(Oc2ccc(Cc3ccc(NC(N)=O)cc3)cc2-c2cccc(Cl)c2)C1.NC(=O)Nc1ccc(Cc2ccc(O)c(-c3cccc(Cl)c3)c2)cc1.NC(=O)Nc1ccc(Cc2ccc(OC3CNC3)c(-c3cccc(Cl)c3)c2)cc1.O=CO[O-].[2H]CF.[Cs+].[Cs+].[H-]. The molecule has 2 heterocycles. The average Bonchev–Trinajstić information content (AvgIpc) is 0.823. The molecule has 0 radical (unpaired) electrons. The zero-order valence-corrected chi connectivity index (χ0v) is 65.7. The summed E-state index contributed by atoms with van der Waals surface area (Å²) in [6.07, 6.45) is 2.63. The van der Waals surface area contributed by atoms with Crippen LogP contribution in [0.3, 0.4) is 0 Å². The van der Waals surface area contributed by atoms with Crippen molar-refractivity contribution < 1.29 is 189 Å². The predicted molar refractivity (Wildman–Crippen MR) is 354 cm³/mol. The number of likely N-dealkylation sites (N-methyl/N-ethyl adjacent to an activating group) is 1. The van der Waals surface area contributed by atoms with Crippen molar-refractivity contribution in [3.8, 4) is 50.6 Å². The summed E-state index contributed by atoms with van der Waals surface area (Å²) < 4.78 is 27.9. The van der Waals surface area contributed by atoms with Crippen molar-refractivity contribution >= 4 is 76.4 Å². The molecule has 468 valence electrons. The molecule has 2 fully saturated rings. The van der Waals surface area contributed by atoms with Crippen LogP contribution in [-0.2, 0) is 28.9 Å². The molecule has 0 spiro atoms. The van der Waals surface area contributed by atoms with Gasteiger partial charge in [0.15, 0.2) is 0 Å². The minimum absolute atomic E-state index is 0. The molecule has 2 aliphatic rings. The maximum atomic E-state index is 11.0. The third kappa shape index (κ3) is 25.3. The zero-order valence-electron chi connectivity index (χ0n) is 52.8. The molecule has 0 bridgehead atoms. The van der Waals surface area contributed by atoms with Gasteiger partial charge >= 0.3 is 156 Å². The number of rotatable bonds is 17. The molecule has 2 saturated heterocycles. The van der Waals surface area contributed by atoms with E-state index in [1.165, 1.54) is 5.56 Å². The van der Waals surface area contributed by atoms with E-state index in [1.54, 1.807) is 24.3 Å². The Morgan fingerprint density at radius 2 is 0.880 bits per heavy atom. The van der Waals surface area contributed by atoms with Gasteiger partial charge in [0, 0.05) is 75.0 Å². The maximum absolute atomic E-state index is 11.0. The second kappa shape index (κ2) is 40.0. The van der Waals surface area contributed by atoms with E-state index in [9.17, 15) is 23.9 Å². The number of nitrogens with two attached hydrogens (primary N) is 3. The third-order valence-electron chi connectivity index (χ3n) is 13.8. The van der Waals surface area contributed by atoms with Crippen LogP contribution in [-0.4, -0.2) is 87.2 Å². The Morgan fingerprint density at radius 3 is 1.18 bits per heavy atom. The Hall–Kier alpha value is -5.56. The van der Waals surface area contributed by atoms with Crippen LogP contribution in [0.15, 0.2) is 200 Å². The van der Waals surface area contributed by atoms with Crippen molar-refractivity contribution in [3.05, 3.63) is 249 Å². The number of hydrogen-bond donors (Lipinski definition) is 8. The van der Waals surface area contributed by atoms with E-state index in [1.807, 2.05) is 146 Å². The van der Waals surface area contributed by atoms with Crippen LogP contribution < -0.4 is 191 Å². The molecular weight excluding hydrogens is 1480 g/mol. The van der Waals surface area contributed by atoms with E-state index in [2.05, 4.69) is 68.4 Å². The van der Waals surface area contributed by atoms with Gasteiger partial charge in [0.2, 0.25) is 0 Å². The number of alkyl halides is 1. The van der Waals surface area contributed by atoms with Gasteiger partial charge in [-0.05, 0) is 186 Å².